The van der Waals surface area contributed by atoms with Crippen LogP contribution in [0.15, 0.2) is 84.9 Å². The van der Waals surface area contributed by atoms with Crippen molar-refractivity contribution < 1.29 is 9.59 Å². The zero-order valence-corrected chi connectivity index (χ0v) is 20.7. The second-order valence-corrected chi connectivity index (χ2v) is 9.72. The third-order valence-electron chi connectivity index (χ3n) is 6.86. The highest BCUT2D eigenvalue weighted by Gasteiger charge is 2.31. The van der Waals surface area contributed by atoms with Gasteiger partial charge in [0.1, 0.15) is 6.04 Å². The molecule has 0 aromatic heterocycles. The number of hydrogen-bond acceptors (Lipinski definition) is 2. The molecule has 0 heterocycles. The molecule has 1 N–H and O–H groups in total. The van der Waals surface area contributed by atoms with Crippen molar-refractivity contribution in [3.63, 3.8) is 0 Å². The molecule has 4 nitrogen and oxygen atoms in total. The Morgan fingerprint density at radius 2 is 1.46 bits per heavy atom. The van der Waals surface area contributed by atoms with E-state index in [1.165, 1.54) is 6.42 Å². The van der Waals surface area contributed by atoms with Gasteiger partial charge >= 0.3 is 0 Å². The average Bonchev–Trinajstić information content (AvgIpc) is 2.88. The van der Waals surface area contributed by atoms with E-state index in [9.17, 15) is 9.59 Å². The maximum atomic E-state index is 13.8. The Morgan fingerprint density at radius 3 is 2.11 bits per heavy atom. The Hall–Kier alpha value is -3.40. The molecule has 0 saturated heterocycles. The lowest BCUT2D eigenvalue weighted by molar-refractivity contribution is -0.141. The second kappa shape index (κ2) is 12.3. The number of nitrogens with zero attached hydrogens (tertiary/aromatic N) is 1. The highest BCUT2D eigenvalue weighted by atomic mass is 16.2. The van der Waals surface area contributed by atoms with E-state index in [0.29, 0.717) is 13.0 Å². The van der Waals surface area contributed by atoms with Gasteiger partial charge in [-0.2, -0.15) is 0 Å². The van der Waals surface area contributed by atoms with Crippen molar-refractivity contribution in [1.29, 1.82) is 0 Å². The van der Waals surface area contributed by atoms with Crippen molar-refractivity contribution in [2.24, 2.45) is 0 Å². The number of rotatable bonds is 9. The first-order valence-corrected chi connectivity index (χ1v) is 12.8. The molecule has 1 aliphatic carbocycles. The molecular formula is C31H36N2O2. The molecular weight excluding hydrogens is 432 g/mol. The smallest absolute Gasteiger partial charge is 0.243 e. The summed E-state index contributed by atoms with van der Waals surface area (Å²) in [6, 6.07) is 27.7. The Kier molecular flexibility index (Phi) is 8.72. The lowest BCUT2D eigenvalue weighted by Gasteiger charge is -2.33. The van der Waals surface area contributed by atoms with E-state index < -0.39 is 6.04 Å². The molecule has 0 radical (unpaired) electrons. The van der Waals surface area contributed by atoms with Gasteiger partial charge in [0.25, 0.3) is 0 Å². The minimum Gasteiger partial charge on any atom is -0.352 e. The van der Waals surface area contributed by atoms with Gasteiger partial charge in [0.05, 0.1) is 6.42 Å². The summed E-state index contributed by atoms with van der Waals surface area (Å²) < 4.78 is 0. The molecule has 0 unspecified atom stereocenters. The van der Waals surface area contributed by atoms with Crippen LogP contribution in [0.25, 0.3) is 0 Å². The number of aryl methyl sites for hydroxylation is 1. The average molecular weight is 469 g/mol. The summed E-state index contributed by atoms with van der Waals surface area (Å²) in [6.45, 7) is 2.44. The van der Waals surface area contributed by atoms with E-state index in [-0.39, 0.29) is 24.3 Å². The largest absolute Gasteiger partial charge is 0.352 e. The number of benzene rings is 3. The molecule has 0 spiro atoms. The summed E-state index contributed by atoms with van der Waals surface area (Å²) in [5.74, 6) is -0.0755. The lowest BCUT2D eigenvalue weighted by atomic mass is 9.94. The Morgan fingerprint density at radius 1 is 0.829 bits per heavy atom. The Bertz CT molecular complexity index is 1090. The third kappa shape index (κ3) is 7.29. The zero-order chi connectivity index (χ0) is 24.5. The standard InChI is InChI=1S/C31H36N2O2/c1-24-12-11-17-27(20-24)22-30(34)33(23-26-15-7-3-8-16-26)29(21-25-13-5-2-6-14-25)31(35)32-28-18-9-4-10-19-28/h2-3,5-8,11-17,20,28-29H,4,9-10,18-19,21-23H2,1H3,(H,32,35)/t29-/m0/s1. The lowest BCUT2D eigenvalue weighted by Crippen LogP contribution is -2.53. The molecule has 4 heteroatoms. The Balaban J connectivity index is 1.63. The SMILES string of the molecule is Cc1cccc(CC(=O)N(Cc2ccccc2)[C@@H](Cc2ccccc2)C(=O)NC2CCCCC2)c1. The van der Waals surface area contributed by atoms with E-state index in [4.69, 9.17) is 0 Å². The molecule has 1 saturated carbocycles. The number of carbonyl (C=O) groups excluding carboxylic acids is 2. The second-order valence-electron chi connectivity index (χ2n) is 9.72. The fraction of sp³-hybridized carbons (Fsp3) is 0.355. The van der Waals surface area contributed by atoms with E-state index >= 15 is 0 Å². The molecule has 3 aromatic carbocycles. The van der Waals surface area contributed by atoms with Gasteiger partial charge in [-0.05, 0) is 36.5 Å². The van der Waals surface area contributed by atoms with E-state index in [1.807, 2.05) is 91.9 Å². The van der Waals surface area contributed by atoms with Crippen LogP contribution in [0.4, 0.5) is 0 Å². The highest BCUT2D eigenvalue weighted by molar-refractivity contribution is 5.89. The maximum Gasteiger partial charge on any atom is 0.243 e. The molecule has 1 atom stereocenters. The predicted molar refractivity (Wildman–Crippen MR) is 141 cm³/mol. The van der Waals surface area contributed by atoms with E-state index in [1.54, 1.807) is 4.90 Å². The van der Waals surface area contributed by atoms with Gasteiger partial charge in [-0.15, -0.1) is 0 Å². The van der Waals surface area contributed by atoms with Gasteiger partial charge < -0.3 is 10.2 Å². The zero-order valence-electron chi connectivity index (χ0n) is 20.7. The van der Waals surface area contributed by atoms with Crippen LogP contribution in [0.2, 0.25) is 0 Å². The number of hydrogen-bond donors (Lipinski definition) is 1. The van der Waals surface area contributed by atoms with Crippen molar-refractivity contribution >= 4 is 11.8 Å². The van der Waals surface area contributed by atoms with E-state index in [0.717, 1.165) is 47.9 Å². The third-order valence-corrected chi connectivity index (χ3v) is 6.86. The molecule has 182 valence electrons. The van der Waals surface area contributed by atoms with Crippen LogP contribution in [-0.4, -0.2) is 28.8 Å². The van der Waals surface area contributed by atoms with Crippen molar-refractivity contribution in [3.8, 4) is 0 Å². The summed E-state index contributed by atoms with van der Waals surface area (Å²) in [5.41, 5.74) is 4.17. The summed E-state index contributed by atoms with van der Waals surface area (Å²) in [7, 11) is 0. The van der Waals surface area contributed by atoms with Crippen LogP contribution >= 0.6 is 0 Å². The van der Waals surface area contributed by atoms with Gasteiger partial charge in [-0.1, -0.05) is 110 Å². The van der Waals surface area contributed by atoms with Gasteiger partial charge in [-0.25, -0.2) is 0 Å². The topological polar surface area (TPSA) is 49.4 Å². The van der Waals surface area contributed by atoms with Crippen LogP contribution in [-0.2, 0) is 29.0 Å². The highest BCUT2D eigenvalue weighted by Crippen LogP contribution is 2.20. The molecule has 3 aromatic rings. The minimum absolute atomic E-state index is 0.0285. The van der Waals surface area contributed by atoms with Crippen LogP contribution in [0.1, 0.15) is 54.4 Å². The van der Waals surface area contributed by atoms with Crippen LogP contribution in [0.3, 0.4) is 0 Å². The van der Waals surface area contributed by atoms with Crippen LogP contribution in [0, 0.1) is 6.92 Å². The summed E-state index contributed by atoms with van der Waals surface area (Å²) >= 11 is 0. The predicted octanol–water partition coefficient (Wildman–Crippen LogP) is 5.63. The number of amides is 2. The molecule has 4 rings (SSSR count). The van der Waals surface area contributed by atoms with Crippen molar-refractivity contribution in [1.82, 2.24) is 10.2 Å². The molecule has 1 fully saturated rings. The quantitative estimate of drug-likeness (QED) is 0.443. The van der Waals surface area contributed by atoms with Crippen molar-refractivity contribution in [2.75, 3.05) is 0 Å². The molecule has 0 aliphatic heterocycles. The molecule has 35 heavy (non-hydrogen) atoms. The molecule has 0 bridgehead atoms. The van der Waals surface area contributed by atoms with Crippen LogP contribution < -0.4 is 5.32 Å². The van der Waals surface area contributed by atoms with Gasteiger partial charge in [0.15, 0.2) is 0 Å². The summed E-state index contributed by atoms with van der Waals surface area (Å²) in [6.07, 6.45) is 6.32. The fourth-order valence-electron chi connectivity index (χ4n) is 4.98. The van der Waals surface area contributed by atoms with Gasteiger partial charge in [-0.3, -0.25) is 9.59 Å². The normalized spacial score (nSPS) is 14.8. The number of carbonyl (C=O) groups is 2. The van der Waals surface area contributed by atoms with Gasteiger partial charge in [0.2, 0.25) is 11.8 Å². The van der Waals surface area contributed by atoms with Crippen molar-refractivity contribution in [2.45, 2.75) is 70.5 Å². The van der Waals surface area contributed by atoms with Crippen molar-refractivity contribution in [3.05, 3.63) is 107 Å². The fourth-order valence-corrected chi connectivity index (χ4v) is 4.98. The first kappa shape index (κ1) is 24.7. The number of nitrogens with one attached hydrogen (secondary N) is 1. The molecule has 2 amide bonds. The maximum absolute atomic E-state index is 13.8. The van der Waals surface area contributed by atoms with Crippen LogP contribution in [0.5, 0.6) is 0 Å². The first-order valence-electron chi connectivity index (χ1n) is 12.8. The summed E-state index contributed by atoms with van der Waals surface area (Å²) in [5, 5.41) is 3.30. The summed E-state index contributed by atoms with van der Waals surface area (Å²) in [4.78, 5) is 29.4. The first-order chi connectivity index (χ1) is 17.1. The van der Waals surface area contributed by atoms with E-state index in [2.05, 4.69) is 5.32 Å². The Labute approximate surface area is 209 Å². The monoisotopic (exact) mass is 468 g/mol. The van der Waals surface area contributed by atoms with Gasteiger partial charge in [0, 0.05) is 19.0 Å². The molecule has 1 aliphatic rings. The minimum atomic E-state index is -0.572.